The predicted octanol–water partition coefficient (Wildman–Crippen LogP) is 5.33. The first-order chi connectivity index (χ1) is 17.2. The number of ether oxygens (including phenoxy) is 1. The summed E-state index contributed by atoms with van der Waals surface area (Å²) < 4.78 is 19.5. The fourth-order valence-corrected chi connectivity index (χ4v) is 4.11. The SMILES string of the molecule is CCOc1ccc(/C=N\N(C(=O)c2cc([N+](=O)[O-])cc([N+](=O)[O-])c2)c2nc3ccc(F)cc3s2)cc1. The summed E-state index contributed by atoms with van der Waals surface area (Å²) in [4.78, 5) is 38.7. The van der Waals surface area contributed by atoms with Gasteiger partial charge in [0.15, 0.2) is 0 Å². The van der Waals surface area contributed by atoms with Gasteiger partial charge >= 0.3 is 0 Å². The number of hydrazone groups is 1. The average molecular weight is 509 g/mol. The maximum atomic E-state index is 13.7. The van der Waals surface area contributed by atoms with Crippen molar-refractivity contribution in [1.29, 1.82) is 0 Å². The Morgan fingerprint density at radius 1 is 1.08 bits per heavy atom. The minimum absolute atomic E-state index is 0.0388. The first kappa shape index (κ1) is 24.3. The van der Waals surface area contributed by atoms with E-state index < -0.39 is 32.9 Å². The lowest BCUT2D eigenvalue weighted by molar-refractivity contribution is -0.394. The number of fused-ring (bicyclic) bond motifs is 1. The fourth-order valence-electron chi connectivity index (χ4n) is 3.16. The molecule has 1 aromatic heterocycles. The standard InChI is InChI=1S/C23H16FN5O6S/c1-2-35-19-6-3-14(4-7-19)13-25-27(23-26-20-8-5-16(24)11-21(20)36-23)22(30)15-9-17(28(31)32)12-18(10-15)29(33)34/h3-13H,2H2,1H3/b25-13-. The highest BCUT2D eigenvalue weighted by atomic mass is 32.1. The van der Waals surface area contributed by atoms with Gasteiger partial charge in [0.1, 0.15) is 11.6 Å². The van der Waals surface area contributed by atoms with Crippen LogP contribution in [0.15, 0.2) is 65.8 Å². The van der Waals surface area contributed by atoms with E-state index in [4.69, 9.17) is 4.74 Å². The fraction of sp³-hybridized carbons (Fsp3) is 0.0870. The third-order valence-corrected chi connectivity index (χ3v) is 5.79. The third-order valence-electron chi connectivity index (χ3n) is 4.80. The Kier molecular flexibility index (Phi) is 6.92. The topological polar surface area (TPSA) is 141 Å². The Hall–Kier alpha value is -4.78. The molecule has 36 heavy (non-hydrogen) atoms. The van der Waals surface area contributed by atoms with Gasteiger partial charge in [0.25, 0.3) is 17.3 Å². The van der Waals surface area contributed by atoms with E-state index in [1.807, 2.05) is 6.92 Å². The van der Waals surface area contributed by atoms with Crippen molar-refractivity contribution >= 4 is 50.2 Å². The molecule has 0 unspecified atom stereocenters. The number of nitrogens with zero attached hydrogens (tertiary/aromatic N) is 5. The second-order valence-electron chi connectivity index (χ2n) is 7.22. The van der Waals surface area contributed by atoms with Gasteiger partial charge in [-0.25, -0.2) is 9.37 Å². The Morgan fingerprint density at radius 2 is 1.75 bits per heavy atom. The van der Waals surface area contributed by atoms with Crippen molar-refractivity contribution in [3.05, 3.63) is 97.8 Å². The van der Waals surface area contributed by atoms with Crippen LogP contribution in [-0.2, 0) is 0 Å². The number of aromatic nitrogens is 1. The number of carbonyl (C=O) groups is 1. The molecule has 1 heterocycles. The van der Waals surface area contributed by atoms with Crippen molar-refractivity contribution in [1.82, 2.24) is 4.98 Å². The molecule has 0 saturated carbocycles. The van der Waals surface area contributed by atoms with Crippen LogP contribution in [0.4, 0.5) is 20.9 Å². The largest absolute Gasteiger partial charge is 0.494 e. The molecule has 0 atom stereocenters. The Morgan fingerprint density at radius 3 is 2.36 bits per heavy atom. The lowest BCUT2D eigenvalue weighted by Crippen LogP contribution is -2.25. The minimum Gasteiger partial charge on any atom is -0.494 e. The number of thiazole rings is 1. The van der Waals surface area contributed by atoms with Crippen molar-refractivity contribution < 1.29 is 23.8 Å². The number of hydrogen-bond acceptors (Lipinski definition) is 9. The maximum Gasteiger partial charge on any atom is 0.281 e. The molecule has 11 nitrogen and oxygen atoms in total. The number of anilines is 1. The number of benzene rings is 3. The van der Waals surface area contributed by atoms with Crippen LogP contribution in [-0.4, -0.2) is 33.6 Å². The molecule has 182 valence electrons. The molecule has 1 amide bonds. The van der Waals surface area contributed by atoms with E-state index in [0.29, 0.717) is 28.1 Å². The van der Waals surface area contributed by atoms with Gasteiger partial charge in [0.2, 0.25) is 5.13 Å². The molecule has 3 aromatic carbocycles. The molecular weight excluding hydrogens is 493 g/mol. The van der Waals surface area contributed by atoms with Gasteiger partial charge in [-0.15, -0.1) is 0 Å². The van der Waals surface area contributed by atoms with E-state index in [0.717, 1.165) is 34.5 Å². The summed E-state index contributed by atoms with van der Waals surface area (Å²) in [7, 11) is 0. The van der Waals surface area contributed by atoms with E-state index >= 15 is 0 Å². The predicted molar refractivity (Wildman–Crippen MR) is 131 cm³/mol. The number of carbonyl (C=O) groups excluding carboxylic acids is 1. The van der Waals surface area contributed by atoms with Gasteiger partial charge in [-0.1, -0.05) is 11.3 Å². The Labute approximate surface area is 206 Å². The second kappa shape index (κ2) is 10.2. The quantitative estimate of drug-likeness (QED) is 0.177. The summed E-state index contributed by atoms with van der Waals surface area (Å²) in [5.41, 5.74) is -0.613. The summed E-state index contributed by atoms with van der Waals surface area (Å²) in [6, 6.07) is 13.3. The van der Waals surface area contributed by atoms with Gasteiger partial charge < -0.3 is 4.74 Å². The van der Waals surface area contributed by atoms with Crippen LogP contribution >= 0.6 is 11.3 Å². The number of nitro benzene ring substituents is 2. The molecule has 4 aromatic rings. The van der Waals surface area contributed by atoms with Gasteiger partial charge in [-0.05, 0) is 55.0 Å². The first-order valence-electron chi connectivity index (χ1n) is 10.4. The Balaban J connectivity index is 1.79. The zero-order chi connectivity index (χ0) is 25.8. The highest BCUT2D eigenvalue weighted by Gasteiger charge is 2.26. The van der Waals surface area contributed by atoms with Crippen molar-refractivity contribution in [3.63, 3.8) is 0 Å². The van der Waals surface area contributed by atoms with E-state index in [2.05, 4.69) is 10.1 Å². The lowest BCUT2D eigenvalue weighted by Gasteiger charge is -2.14. The molecule has 0 aliphatic heterocycles. The number of halogens is 1. The summed E-state index contributed by atoms with van der Waals surface area (Å²) in [5.74, 6) is -0.758. The maximum absolute atomic E-state index is 13.7. The number of non-ortho nitro benzene ring substituents is 2. The Bertz CT molecular complexity index is 1470. The van der Waals surface area contributed by atoms with Crippen molar-refractivity contribution in [3.8, 4) is 5.75 Å². The monoisotopic (exact) mass is 509 g/mol. The summed E-state index contributed by atoms with van der Waals surface area (Å²) in [6.07, 6.45) is 1.35. The van der Waals surface area contributed by atoms with E-state index in [1.165, 1.54) is 24.4 Å². The molecule has 0 aliphatic carbocycles. The number of amides is 1. The minimum atomic E-state index is -0.900. The van der Waals surface area contributed by atoms with Gasteiger partial charge in [0.05, 0.1) is 44.5 Å². The second-order valence-corrected chi connectivity index (χ2v) is 8.23. The average Bonchev–Trinajstić information content (AvgIpc) is 3.27. The van der Waals surface area contributed by atoms with Crippen LogP contribution in [0.1, 0.15) is 22.8 Å². The van der Waals surface area contributed by atoms with E-state index in [9.17, 15) is 29.4 Å². The van der Waals surface area contributed by atoms with Gasteiger partial charge in [-0.2, -0.15) is 10.1 Å². The molecule has 0 aliphatic rings. The molecule has 0 fully saturated rings. The molecule has 0 N–H and O–H groups in total. The zero-order valence-electron chi connectivity index (χ0n) is 18.5. The third kappa shape index (κ3) is 5.31. The van der Waals surface area contributed by atoms with Gasteiger partial charge in [-0.3, -0.25) is 25.0 Å². The molecule has 0 spiro atoms. The molecule has 0 bridgehead atoms. The zero-order valence-corrected chi connectivity index (χ0v) is 19.3. The van der Waals surface area contributed by atoms with E-state index in [1.54, 1.807) is 24.3 Å². The molecule has 0 radical (unpaired) electrons. The molecule has 13 heteroatoms. The molecular formula is C23H16FN5O6S. The molecule has 4 rings (SSSR count). The van der Waals surface area contributed by atoms with Gasteiger partial charge in [0, 0.05) is 12.1 Å². The van der Waals surface area contributed by atoms with E-state index in [-0.39, 0.29) is 10.7 Å². The summed E-state index contributed by atoms with van der Waals surface area (Å²) >= 11 is 0.960. The van der Waals surface area contributed by atoms with Crippen LogP contribution in [0.3, 0.4) is 0 Å². The van der Waals surface area contributed by atoms with Crippen molar-refractivity contribution in [2.75, 3.05) is 11.6 Å². The number of nitro groups is 2. The van der Waals surface area contributed by atoms with Crippen LogP contribution in [0.2, 0.25) is 0 Å². The van der Waals surface area contributed by atoms with Crippen molar-refractivity contribution in [2.24, 2.45) is 5.10 Å². The van der Waals surface area contributed by atoms with Crippen LogP contribution < -0.4 is 9.75 Å². The molecule has 0 saturated heterocycles. The first-order valence-corrected chi connectivity index (χ1v) is 11.2. The summed E-state index contributed by atoms with van der Waals surface area (Å²) in [6.45, 7) is 2.34. The lowest BCUT2D eigenvalue weighted by atomic mass is 10.1. The smallest absolute Gasteiger partial charge is 0.281 e. The number of hydrogen-bond donors (Lipinski definition) is 0. The van der Waals surface area contributed by atoms with Crippen LogP contribution in [0.5, 0.6) is 5.75 Å². The highest BCUT2D eigenvalue weighted by Crippen LogP contribution is 2.32. The van der Waals surface area contributed by atoms with Crippen LogP contribution in [0, 0.1) is 26.0 Å². The number of rotatable bonds is 8. The van der Waals surface area contributed by atoms with Crippen molar-refractivity contribution in [2.45, 2.75) is 6.92 Å². The summed E-state index contributed by atoms with van der Waals surface area (Å²) in [5, 5.41) is 27.7. The van der Waals surface area contributed by atoms with Crippen LogP contribution in [0.25, 0.3) is 10.2 Å². The highest BCUT2D eigenvalue weighted by molar-refractivity contribution is 7.22. The normalized spacial score (nSPS) is 11.1.